The van der Waals surface area contributed by atoms with Crippen LogP contribution in [0.2, 0.25) is 5.02 Å². The van der Waals surface area contributed by atoms with Gasteiger partial charge in [-0.05, 0) is 36.8 Å². The number of aryl methyl sites for hydroxylation is 1. The van der Waals surface area contributed by atoms with Crippen LogP contribution in [0.4, 0.5) is 11.4 Å². The first-order valence-electron chi connectivity index (χ1n) is 6.38. The topological polar surface area (TPSA) is 64.9 Å². The molecule has 0 unspecified atom stereocenters. The van der Waals surface area contributed by atoms with E-state index in [1.165, 1.54) is 0 Å². The Kier molecular flexibility index (Phi) is 3.51. The largest absolute Gasteiger partial charge is 0.396 e. The third-order valence-corrected chi connectivity index (χ3v) is 4.38. The Balaban J connectivity index is 2.36. The summed E-state index contributed by atoms with van der Waals surface area (Å²) in [5, 5.41) is 1.52. The van der Waals surface area contributed by atoms with Crippen LogP contribution in [0.15, 0.2) is 40.9 Å². The minimum atomic E-state index is 0.486. The highest BCUT2D eigenvalue weighted by atomic mass is 79.9. The van der Waals surface area contributed by atoms with Crippen molar-refractivity contribution in [3.8, 4) is 11.3 Å². The Bertz CT molecular complexity index is 862. The van der Waals surface area contributed by atoms with Gasteiger partial charge < -0.3 is 11.5 Å². The van der Waals surface area contributed by atoms with Crippen LogP contribution in [0.5, 0.6) is 0 Å². The number of hydrogen-bond donors (Lipinski definition) is 2. The van der Waals surface area contributed by atoms with Gasteiger partial charge >= 0.3 is 0 Å². The first kappa shape index (κ1) is 14.2. The van der Waals surface area contributed by atoms with Crippen LogP contribution in [-0.2, 0) is 0 Å². The van der Waals surface area contributed by atoms with Crippen LogP contribution in [-0.4, -0.2) is 4.98 Å². The first-order valence-corrected chi connectivity index (χ1v) is 7.56. The highest BCUT2D eigenvalue weighted by Gasteiger charge is 2.15. The molecule has 0 atom stereocenters. The molecule has 0 aliphatic rings. The highest BCUT2D eigenvalue weighted by Crippen LogP contribution is 2.38. The lowest BCUT2D eigenvalue weighted by Crippen LogP contribution is -2.02. The zero-order valence-corrected chi connectivity index (χ0v) is 13.7. The molecule has 0 fully saturated rings. The molecule has 0 radical (unpaired) electrons. The summed E-state index contributed by atoms with van der Waals surface area (Å²) < 4.78 is 0.885. The van der Waals surface area contributed by atoms with Crippen molar-refractivity contribution in [3.63, 3.8) is 0 Å². The molecule has 0 aliphatic carbocycles. The normalized spacial score (nSPS) is 11.0. The minimum absolute atomic E-state index is 0.486. The Hall–Kier alpha value is -1.78. The summed E-state index contributed by atoms with van der Waals surface area (Å²) in [5.41, 5.74) is 16.9. The molecule has 2 aromatic carbocycles. The molecule has 106 valence electrons. The van der Waals surface area contributed by atoms with Crippen molar-refractivity contribution in [2.45, 2.75) is 6.92 Å². The van der Waals surface area contributed by atoms with Crippen LogP contribution < -0.4 is 11.5 Å². The predicted octanol–water partition coefficient (Wildman–Crippen LogP) is 4.79. The molecule has 3 rings (SSSR count). The van der Waals surface area contributed by atoms with E-state index in [0.29, 0.717) is 22.1 Å². The maximum Gasteiger partial charge on any atom is 0.0962 e. The van der Waals surface area contributed by atoms with Crippen molar-refractivity contribution in [1.82, 2.24) is 4.98 Å². The quantitative estimate of drug-likeness (QED) is 0.654. The fourth-order valence-corrected chi connectivity index (χ4v) is 3.21. The monoisotopic (exact) mass is 361 g/mol. The van der Waals surface area contributed by atoms with E-state index in [-0.39, 0.29) is 0 Å². The van der Waals surface area contributed by atoms with Gasteiger partial charge in [-0.3, -0.25) is 0 Å². The zero-order valence-electron chi connectivity index (χ0n) is 11.3. The zero-order chi connectivity index (χ0) is 15.1. The molecule has 4 N–H and O–H groups in total. The van der Waals surface area contributed by atoms with E-state index in [2.05, 4.69) is 20.9 Å². The van der Waals surface area contributed by atoms with E-state index < -0.39 is 0 Å². The van der Waals surface area contributed by atoms with Gasteiger partial charge in [-0.15, -0.1) is 0 Å². The van der Waals surface area contributed by atoms with Gasteiger partial charge in [0.25, 0.3) is 0 Å². The van der Waals surface area contributed by atoms with Crippen molar-refractivity contribution >= 4 is 49.8 Å². The van der Waals surface area contributed by atoms with E-state index in [1.807, 2.05) is 43.3 Å². The standard InChI is InChI=1S/C16H13BrClN3/c1-8-7-9(18)5-6-10(8)16-15(20)14(19)13-11(17)3-2-4-12(13)21-16/h2-7H,20H2,1H3,(H2,19,21). The van der Waals surface area contributed by atoms with Gasteiger partial charge in [0.05, 0.1) is 22.6 Å². The smallest absolute Gasteiger partial charge is 0.0962 e. The summed E-state index contributed by atoms with van der Waals surface area (Å²) in [6.45, 7) is 1.98. The van der Waals surface area contributed by atoms with E-state index >= 15 is 0 Å². The number of anilines is 2. The molecular weight excluding hydrogens is 350 g/mol. The lowest BCUT2D eigenvalue weighted by Gasteiger charge is -2.14. The van der Waals surface area contributed by atoms with Crippen molar-refractivity contribution < 1.29 is 0 Å². The van der Waals surface area contributed by atoms with Gasteiger partial charge in [0, 0.05) is 20.4 Å². The van der Waals surface area contributed by atoms with Crippen LogP contribution in [0.3, 0.4) is 0 Å². The maximum absolute atomic E-state index is 6.22. The summed E-state index contributed by atoms with van der Waals surface area (Å²) in [6.07, 6.45) is 0. The Morgan fingerprint density at radius 3 is 2.57 bits per heavy atom. The number of rotatable bonds is 1. The second-order valence-corrected chi connectivity index (χ2v) is 6.17. The Morgan fingerprint density at radius 1 is 1.10 bits per heavy atom. The molecule has 0 saturated carbocycles. The molecule has 0 aliphatic heterocycles. The van der Waals surface area contributed by atoms with Crippen molar-refractivity contribution in [2.24, 2.45) is 0 Å². The second kappa shape index (κ2) is 5.20. The van der Waals surface area contributed by atoms with Gasteiger partial charge in [-0.25, -0.2) is 4.98 Å². The van der Waals surface area contributed by atoms with Crippen LogP contribution in [0.1, 0.15) is 5.56 Å². The molecule has 1 aromatic heterocycles. The minimum Gasteiger partial charge on any atom is -0.396 e. The third kappa shape index (κ3) is 2.34. The number of fused-ring (bicyclic) bond motifs is 1. The Morgan fingerprint density at radius 2 is 1.86 bits per heavy atom. The van der Waals surface area contributed by atoms with Gasteiger partial charge in [-0.2, -0.15) is 0 Å². The fraction of sp³-hybridized carbons (Fsp3) is 0.0625. The van der Waals surface area contributed by atoms with Gasteiger partial charge in [0.15, 0.2) is 0 Å². The van der Waals surface area contributed by atoms with Gasteiger partial charge in [0.1, 0.15) is 0 Å². The lowest BCUT2D eigenvalue weighted by molar-refractivity contribution is 1.36. The number of nitrogen functional groups attached to an aromatic ring is 2. The summed E-state index contributed by atoms with van der Waals surface area (Å²) in [7, 11) is 0. The molecule has 5 heteroatoms. The number of nitrogens with two attached hydrogens (primary N) is 2. The van der Waals surface area contributed by atoms with Crippen LogP contribution in [0.25, 0.3) is 22.2 Å². The number of benzene rings is 2. The van der Waals surface area contributed by atoms with E-state index in [4.69, 9.17) is 23.1 Å². The molecule has 1 heterocycles. The van der Waals surface area contributed by atoms with Crippen LogP contribution in [0, 0.1) is 6.92 Å². The molecule has 0 bridgehead atoms. The summed E-state index contributed by atoms with van der Waals surface area (Å²) >= 11 is 9.50. The number of nitrogens with zero attached hydrogens (tertiary/aromatic N) is 1. The number of hydrogen-bond acceptors (Lipinski definition) is 3. The average Bonchev–Trinajstić information content (AvgIpc) is 2.43. The SMILES string of the molecule is Cc1cc(Cl)ccc1-c1nc2cccc(Br)c2c(N)c1N. The maximum atomic E-state index is 6.22. The van der Waals surface area contributed by atoms with Crippen molar-refractivity contribution in [3.05, 3.63) is 51.5 Å². The molecule has 3 aromatic rings. The molecule has 3 nitrogen and oxygen atoms in total. The Labute approximate surface area is 136 Å². The molecule has 21 heavy (non-hydrogen) atoms. The van der Waals surface area contributed by atoms with Crippen molar-refractivity contribution in [1.29, 1.82) is 0 Å². The van der Waals surface area contributed by atoms with Gasteiger partial charge in [-0.1, -0.05) is 39.7 Å². The molecule has 0 saturated heterocycles. The number of halogens is 2. The number of aromatic nitrogens is 1. The van der Waals surface area contributed by atoms with Crippen molar-refractivity contribution in [2.75, 3.05) is 11.5 Å². The summed E-state index contributed by atoms with van der Waals surface area (Å²) in [5.74, 6) is 0. The fourth-order valence-electron chi connectivity index (χ4n) is 2.41. The molecule has 0 spiro atoms. The van der Waals surface area contributed by atoms with Gasteiger partial charge in [0.2, 0.25) is 0 Å². The lowest BCUT2D eigenvalue weighted by atomic mass is 10.0. The van der Waals surface area contributed by atoms with E-state index in [1.54, 1.807) is 0 Å². The number of pyridine rings is 1. The first-order chi connectivity index (χ1) is 9.99. The molecular formula is C16H13BrClN3. The average molecular weight is 363 g/mol. The predicted molar refractivity (Wildman–Crippen MR) is 93.5 cm³/mol. The van der Waals surface area contributed by atoms with Crippen LogP contribution >= 0.6 is 27.5 Å². The summed E-state index contributed by atoms with van der Waals surface area (Å²) in [6, 6.07) is 11.4. The summed E-state index contributed by atoms with van der Waals surface area (Å²) in [4.78, 5) is 4.68. The highest BCUT2D eigenvalue weighted by molar-refractivity contribution is 9.10. The third-order valence-electron chi connectivity index (χ3n) is 3.48. The molecule has 0 amide bonds. The van der Waals surface area contributed by atoms with E-state index in [0.717, 1.165) is 26.5 Å². The van der Waals surface area contributed by atoms with E-state index in [9.17, 15) is 0 Å². The second-order valence-electron chi connectivity index (χ2n) is 4.88.